The van der Waals surface area contributed by atoms with Crippen LogP contribution in [0.2, 0.25) is 0 Å². The van der Waals surface area contributed by atoms with Crippen LogP contribution in [0.4, 0.5) is 0 Å². The summed E-state index contributed by atoms with van der Waals surface area (Å²) in [6, 6.07) is -1.92. The second-order valence-electron chi connectivity index (χ2n) is 4.97. The van der Waals surface area contributed by atoms with E-state index in [0.29, 0.717) is 6.42 Å². The van der Waals surface area contributed by atoms with Gasteiger partial charge in [-0.3, -0.25) is 14.4 Å². The number of aliphatic carboxylic acids is 1. The highest BCUT2D eigenvalue weighted by atomic mass is 16.5. The Balaban J connectivity index is 2.60. The largest absolute Gasteiger partial charge is 0.480 e. The van der Waals surface area contributed by atoms with Crippen LogP contribution >= 0.6 is 0 Å². The summed E-state index contributed by atoms with van der Waals surface area (Å²) < 4.78 is 4.76. The van der Waals surface area contributed by atoms with Crippen LogP contribution < -0.4 is 10.6 Å². The van der Waals surface area contributed by atoms with Gasteiger partial charge in [0.25, 0.3) is 0 Å². The zero-order valence-electron chi connectivity index (χ0n) is 12.0. The third kappa shape index (κ3) is 5.05. The van der Waals surface area contributed by atoms with Crippen molar-refractivity contribution in [1.29, 1.82) is 0 Å². The maximum atomic E-state index is 11.9. The molecule has 0 aromatic rings. The number of nitrogens with one attached hydrogen (secondary N) is 2. The van der Waals surface area contributed by atoms with Crippen molar-refractivity contribution >= 4 is 23.8 Å². The SMILES string of the molecule is CCOC(=O)C[C@@H](C)[C@@H](NC(=O)[C@H]1CCC(=O)N1)C(=O)O. The van der Waals surface area contributed by atoms with E-state index < -0.39 is 35.8 Å². The zero-order chi connectivity index (χ0) is 16.0. The summed E-state index contributed by atoms with van der Waals surface area (Å²) in [6.45, 7) is 3.41. The molecule has 118 valence electrons. The molecule has 1 aliphatic heterocycles. The smallest absolute Gasteiger partial charge is 0.326 e. The lowest BCUT2D eigenvalue weighted by molar-refractivity contribution is -0.147. The quantitative estimate of drug-likeness (QED) is 0.541. The molecule has 0 unspecified atom stereocenters. The van der Waals surface area contributed by atoms with Gasteiger partial charge in [0, 0.05) is 6.42 Å². The van der Waals surface area contributed by atoms with E-state index in [0.717, 1.165) is 0 Å². The highest BCUT2D eigenvalue weighted by Gasteiger charge is 2.33. The van der Waals surface area contributed by atoms with Gasteiger partial charge in [0.15, 0.2) is 0 Å². The number of carboxylic acids is 1. The minimum atomic E-state index is -1.23. The highest BCUT2D eigenvalue weighted by Crippen LogP contribution is 2.12. The summed E-state index contributed by atoms with van der Waals surface area (Å²) in [6.07, 6.45) is 0.472. The van der Waals surface area contributed by atoms with Crippen molar-refractivity contribution in [2.45, 2.75) is 45.2 Å². The second kappa shape index (κ2) is 7.61. The molecule has 1 saturated heterocycles. The molecule has 8 heteroatoms. The number of hydrogen-bond acceptors (Lipinski definition) is 5. The molecule has 0 aliphatic carbocycles. The van der Waals surface area contributed by atoms with Crippen LogP contribution in [0.5, 0.6) is 0 Å². The molecule has 0 radical (unpaired) electrons. The topological polar surface area (TPSA) is 122 Å². The molecular weight excluding hydrogens is 280 g/mol. The van der Waals surface area contributed by atoms with E-state index in [9.17, 15) is 24.3 Å². The Kier molecular flexibility index (Phi) is 6.13. The molecule has 2 amide bonds. The van der Waals surface area contributed by atoms with Gasteiger partial charge in [-0.25, -0.2) is 4.79 Å². The van der Waals surface area contributed by atoms with E-state index in [2.05, 4.69) is 10.6 Å². The molecule has 21 heavy (non-hydrogen) atoms. The molecule has 0 aromatic heterocycles. The first-order chi connectivity index (χ1) is 9.85. The lowest BCUT2D eigenvalue weighted by atomic mass is 9.98. The number of carboxylic acid groups (broad SMARTS) is 1. The third-order valence-corrected chi connectivity index (χ3v) is 3.24. The first kappa shape index (κ1) is 16.9. The lowest BCUT2D eigenvalue weighted by Crippen LogP contribution is -2.51. The Morgan fingerprint density at radius 1 is 1.48 bits per heavy atom. The van der Waals surface area contributed by atoms with Crippen LogP contribution in [0.1, 0.15) is 33.1 Å². The van der Waals surface area contributed by atoms with Crippen LogP contribution in [-0.4, -0.2) is 47.6 Å². The monoisotopic (exact) mass is 300 g/mol. The first-order valence-electron chi connectivity index (χ1n) is 6.83. The highest BCUT2D eigenvalue weighted by molar-refractivity contribution is 5.93. The number of esters is 1. The maximum absolute atomic E-state index is 11.9. The standard InChI is InChI=1S/C13H20N2O6/c1-3-21-10(17)6-7(2)11(13(19)20)15-12(18)8-4-5-9(16)14-8/h7-8,11H,3-6H2,1-2H3,(H,14,16)(H,15,18)(H,19,20)/t7-,8-,11-/m1/s1. The van der Waals surface area contributed by atoms with Gasteiger partial charge in [0.05, 0.1) is 13.0 Å². The summed E-state index contributed by atoms with van der Waals surface area (Å²) in [4.78, 5) is 45.6. The van der Waals surface area contributed by atoms with Gasteiger partial charge in [-0.1, -0.05) is 6.92 Å². The fourth-order valence-corrected chi connectivity index (χ4v) is 2.11. The zero-order valence-corrected chi connectivity index (χ0v) is 12.0. The Labute approximate surface area is 122 Å². The van der Waals surface area contributed by atoms with E-state index in [-0.39, 0.29) is 25.4 Å². The van der Waals surface area contributed by atoms with E-state index in [4.69, 9.17) is 4.74 Å². The normalized spacial score (nSPS) is 20.3. The molecule has 3 N–H and O–H groups in total. The van der Waals surface area contributed by atoms with Gasteiger partial charge in [0.2, 0.25) is 11.8 Å². The summed E-state index contributed by atoms with van der Waals surface area (Å²) in [5.41, 5.74) is 0. The van der Waals surface area contributed by atoms with Gasteiger partial charge in [-0.05, 0) is 19.3 Å². The number of hydrogen-bond donors (Lipinski definition) is 3. The summed E-state index contributed by atoms with van der Waals surface area (Å²) in [7, 11) is 0. The molecule has 1 heterocycles. The Bertz CT molecular complexity index is 436. The van der Waals surface area contributed by atoms with Gasteiger partial charge in [0.1, 0.15) is 12.1 Å². The van der Waals surface area contributed by atoms with Gasteiger partial charge in [-0.15, -0.1) is 0 Å². The molecule has 0 saturated carbocycles. The molecule has 3 atom stereocenters. The molecule has 0 aromatic carbocycles. The van der Waals surface area contributed by atoms with Gasteiger partial charge < -0.3 is 20.5 Å². The summed E-state index contributed by atoms with van der Waals surface area (Å²) in [5, 5.41) is 14.0. The second-order valence-corrected chi connectivity index (χ2v) is 4.97. The van der Waals surface area contributed by atoms with Crippen LogP contribution in [0.25, 0.3) is 0 Å². The van der Waals surface area contributed by atoms with Crippen LogP contribution in [0.15, 0.2) is 0 Å². The predicted octanol–water partition coefficient (Wildman–Crippen LogP) is -0.576. The van der Waals surface area contributed by atoms with Gasteiger partial charge in [-0.2, -0.15) is 0 Å². The third-order valence-electron chi connectivity index (χ3n) is 3.24. The summed E-state index contributed by atoms with van der Waals surface area (Å²) >= 11 is 0. The number of carbonyl (C=O) groups is 4. The fraction of sp³-hybridized carbons (Fsp3) is 0.692. The Morgan fingerprint density at radius 2 is 2.14 bits per heavy atom. The van der Waals surface area contributed by atoms with Crippen LogP contribution in [-0.2, 0) is 23.9 Å². The molecule has 1 rings (SSSR count). The summed E-state index contributed by atoms with van der Waals surface area (Å²) in [5.74, 6) is -3.16. The van der Waals surface area contributed by atoms with Crippen molar-refractivity contribution in [3.05, 3.63) is 0 Å². The van der Waals surface area contributed by atoms with Crippen molar-refractivity contribution in [2.24, 2.45) is 5.92 Å². The molecular formula is C13H20N2O6. The van der Waals surface area contributed by atoms with Crippen molar-refractivity contribution in [3.8, 4) is 0 Å². The van der Waals surface area contributed by atoms with Crippen molar-refractivity contribution in [3.63, 3.8) is 0 Å². The molecule has 0 spiro atoms. The van der Waals surface area contributed by atoms with Crippen LogP contribution in [0.3, 0.4) is 0 Å². The van der Waals surface area contributed by atoms with E-state index in [1.54, 1.807) is 13.8 Å². The molecule has 1 aliphatic rings. The average molecular weight is 300 g/mol. The molecule has 8 nitrogen and oxygen atoms in total. The molecule has 1 fully saturated rings. The van der Waals surface area contributed by atoms with E-state index in [1.807, 2.05) is 0 Å². The van der Waals surface area contributed by atoms with Gasteiger partial charge >= 0.3 is 11.9 Å². The minimum absolute atomic E-state index is 0.109. The number of ether oxygens (including phenoxy) is 1. The molecule has 0 bridgehead atoms. The maximum Gasteiger partial charge on any atom is 0.326 e. The van der Waals surface area contributed by atoms with Crippen LogP contribution in [0, 0.1) is 5.92 Å². The number of rotatable bonds is 7. The Hall–Kier alpha value is -2.12. The fourth-order valence-electron chi connectivity index (χ4n) is 2.11. The average Bonchev–Trinajstić information content (AvgIpc) is 2.82. The van der Waals surface area contributed by atoms with Crippen molar-refractivity contribution < 1.29 is 29.0 Å². The lowest BCUT2D eigenvalue weighted by Gasteiger charge is -2.22. The first-order valence-corrected chi connectivity index (χ1v) is 6.83. The Morgan fingerprint density at radius 3 is 2.62 bits per heavy atom. The van der Waals surface area contributed by atoms with Crippen molar-refractivity contribution in [1.82, 2.24) is 10.6 Å². The van der Waals surface area contributed by atoms with E-state index in [1.165, 1.54) is 0 Å². The number of amides is 2. The van der Waals surface area contributed by atoms with E-state index >= 15 is 0 Å². The minimum Gasteiger partial charge on any atom is -0.480 e. The number of carbonyl (C=O) groups excluding carboxylic acids is 3. The van der Waals surface area contributed by atoms with Crippen molar-refractivity contribution in [2.75, 3.05) is 6.61 Å². The predicted molar refractivity (Wildman–Crippen MR) is 71.1 cm³/mol.